The highest BCUT2D eigenvalue weighted by molar-refractivity contribution is 5.69. The van der Waals surface area contributed by atoms with Gasteiger partial charge in [-0.2, -0.15) is 0 Å². The van der Waals surface area contributed by atoms with Gasteiger partial charge in [0.15, 0.2) is 0 Å². The first-order chi connectivity index (χ1) is 6.83. The third kappa shape index (κ3) is 1.31. The third-order valence-corrected chi connectivity index (χ3v) is 2.04. The zero-order valence-corrected chi connectivity index (χ0v) is 7.71. The summed E-state index contributed by atoms with van der Waals surface area (Å²) in [7, 11) is 1.75. The van der Waals surface area contributed by atoms with Crippen molar-refractivity contribution in [2.75, 3.05) is 0 Å². The zero-order valence-electron chi connectivity index (χ0n) is 7.71. The molecule has 1 aromatic carbocycles. The molecular formula is C10H9N3O. The Morgan fingerprint density at radius 1 is 1.29 bits per heavy atom. The van der Waals surface area contributed by atoms with Crippen LogP contribution in [0.3, 0.4) is 0 Å². The zero-order chi connectivity index (χ0) is 9.97. The van der Waals surface area contributed by atoms with Crippen LogP contribution in [0.5, 0.6) is 0 Å². The molecule has 0 atom stereocenters. The van der Waals surface area contributed by atoms with Crippen LogP contribution in [-0.4, -0.2) is 9.55 Å². The number of aromatic nitrogens is 2. The van der Waals surface area contributed by atoms with Crippen molar-refractivity contribution in [2.45, 2.75) is 0 Å². The van der Waals surface area contributed by atoms with E-state index >= 15 is 0 Å². The Labute approximate surface area is 81.2 Å². The minimum absolute atomic E-state index is 0.358. The molecule has 4 nitrogen and oxygen atoms in total. The van der Waals surface area contributed by atoms with E-state index in [9.17, 15) is 4.91 Å². The van der Waals surface area contributed by atoms with E-state index in [0.29, 0.717) is 11.5 Å². The van der Waals surface area contributed by atoms with Crippen LogP contribution in [0.1, 0.15) is 0 Å². The summed E-state index contributed by atoms with van der Waals surface area (Å²) >= 11 is 0. The monoisotopic (exact) mass is 187 g/mol. The second kappa shape index (κ2) is 3.41. The van der Waals surface area contributed by atoms with Gasteiger partial charge in [0, 0.05) is 12.6 Å². The molecule has 0 aliphatic rings. The highest BCUT2D eigenvalue weighted by Gasteiger charge is 2.10. The molecule has 0 aliphatic carbocycles. The number of nitrogens with zero attached hydrogens (tertiary/aromatic N) is 3. The number of benzene rings is 1. The summed E-state index contributed by atoms with van der Waals surface area (Å²) < 4.78 is 1.61. The molecule has 4 heteroatoms. The van der Waals surface area contributed by atoms with E-state index in [-0.39, 0.29) is 0 Å². The van der Waals surface area contributed by atoms with Gasteiger partial charge >= 0.3 is 0 Å². The lowest BCUT2D eigenvalue weighted by Gasteiger charge is -1.96. The lowest BCUT2D eigenvalue weighted by Crippen LogP contribution is -1.82. The van der Waals surface area contributed by atoms with Crippen LogP contribution in [0, 0.1) is 4.91 Å². The van der Waals surface area contributed by atoms with Gasteiger partial charge in [-0.1, -0.05) is 30.3 Å². The standard InChI is InChI=1S/C10H9N3O/c1-13-7-11-9(10(13)12-14)8-5-3-2-4-6-8/h2-7H,1H3. The van der Waals surface area contributed by atoms with Crippen molar-refractivity contribution in [1.29, 1.82) is 0 Å². The van der Waals surface area contributed by atoms with Crippen molar-refractivity contribution in [3.05, 3.63) is 41.6 Å². The quantitative estimate of drug-likeness (QED) is 0.678. The van der Waals surface area contributed by atoms with Crippen molar-refractivity contribution in [2.24, 2.45) is 12.2 Å². The van der Waals surface area contributed by atoms with Crippen LogP contribution in [0.25, 0.3) is 11.3 Å². The number of hydrogen-bond acceptors (Lipinski definition) is 3. The van der Waals surface area contributed by atoms with Gasteiger partial charge in [0.05, 0.1) is 6.33 Å². The summed E-state index contributed by atoms with van der Waals surface area (Å²) in [5.41, 5.74) is 1.53. The Balaban J connectivity index is 2.57. The van der Waals surface area contributed by atoms with E-state index < -0.39 is 0 Å². The maximum atomic E-state index is 10.6. The average molecular weight is 187 g/mol. The van der Waals surface area contributed by atoms with Gasteiger partial charge in [-0.15, -0.1) is 4.91 Å². The lowest BCUT2D eigenvalue weighted by molar-refractivity contribution is 0.910. The van der Waals surface area contributed by atoms with E-state index in [1.54, 1.807) is 17.9 Å². The van der Waals surface area contributed by atoms with Crippen LogP contribution in [-0.2, 0) is 7.05 Å². The fraction of sp³-hybridized carbons (Fsp3) is 0.100. The Morgan fingerprint density at radius 2 is 2.00 bits per heavy atom. The predicted molar refractivity (Wildman–Crippen MR) is 54.1 cm³/mol. The molecule has 1 heterocycles. The van der Waals surface area contributed by atoms with Gasteiger partial charge in [-0.3, -0.25) is 0 Å². The van der Waals surface area contributed by atoms with E-state index in [4.69, 9.17) is 0 Å². The molecule has 0 spiro atoms. The second-order valence-electron chi connectivity index (χ2n) is 2.99. The normalized spacial score (nSPS) is 10.1. The first kappa shape index (κ1) is 8.62. The fourth-order valence-electron chi connectivity index (χ4n) is 1.33. The smallest absolute Gasteiger partial charge is 0.204 e. The summed E-state index contributed by atoms with van der Waals surface area (Å²) in [6.45, 7) is 0. The lowest BCUT2D eigenvalue weighted by atomic mass is 10.1. The Hall–Kier alpha value is -1.97. The molecule has 0 aliphatic heterocycles. The molecule has 1 aromatic heterocycles. The summed E-state index contributed by atoms with van der Waals surface area (Å²) in [4.78, 5) is 14.7. The van der Waals surface area contributed by atoms with Gasteiger partial charge in [0.2, 0.25) is 5.82 Å². The SMILES string of the molecule is Cn1cnc(-c2ccccc2)c1N=O. The van der Waals surface area contributed by atoms with Crippen molar-refractivity contribution in [3.8, 4) is 11.3 Å². The minimum Gasteiger partial charge on any atom is -0.316 e. The molecule has 0 saturated carbocycles. The molecule has 14 heavy (non-hydrogen) atoms. The Bertz CT molecular complexity index is 448. The van der Waals surface area contributed by atoms with Gasteiger partial charge in [0.1, 0.15) is 5.69 Å². The van der Waals surface area contributed by atoms with Crippen molar-refractivity contribution in [1.82, 2.24) is 9.55 Å². The maximum absolute atomic E-state index is 10.6. The fourth-order valence-corrected chi connectivity index (χ4v) is 1.33. The van der Waals surface area contributed by atoms with Crippen molar-refractivity contribution < 1.29 is 0 Å². The van der Waals surface area contributed by atoms with E-state index in [2.05, 4.69) is 10.2 Å². The summed E-state index contributed by atoms with van der Waals surface area (Å²) in [6, 6.07) is 9.52. The van der Waals surface area contributed by atoms with Crippen LogP contribution in [0.4, 0.5) is 5.82 Å². The molecule has 2 aromatic rings. The first-order valence-electron chi connectivity index (χ1n) is 4.23. The highest BCUT2D eigenvalue weighted by atomic mass is 16.3. The van der Waals surface area contributed by atoms with E-state index in [1.165, 1.54) is 0 Å². The third-order valence-electron chi connectivity index (χ3n) is 2.04. The van der Waals surface area contributed by atoms with E-state index in [1.807, 2.05) is 30.3 Å². The molecular weight excluding hydrogens is 178 g/mol. The summed E-state index contributed by atoms with van der Waals surface area (Å²) in [6.07, 6.45) is 1.58. The molecule has 0 fully saturated rings. The Morgan fingerprint density at radius 3 is 2.64 bits per heavy atom. The summed E-state index contributed by atoms with van der Waals surface area (Å²) in [5.74, 6) is 0.358. The minimum atomic E-state index is 0.358. The van der Waals surface area contributed by atoms with Gasteiger partial charge in [0.25, 0.3) is 0 Å². The van der Waals surface area contributed by atoms with Crippen molar-refractivity contribution >= 4 is 5.82 Å². The van der Waals surface area contributed by atoms with Crippen LogP contribution in [0.2, 0.25) is 0 Å². The van der Waals surface area contributed by atoms with E-state index in [0.717, 1.165) is 5.56 Å². The van der Waals surface area contributed by atoms with Crippen LogP contribution in [0.15, 0.2) is 41.8 Å². The topological polar surface area (TPSA) is 47.2 Å². The van der Waals surface area contributed by atoms with Crippen LogP contribution < -0.4 is 0 Å². The predicted octanol–water partition coefficient (Wildman–Crippen LogP) is 2.49. The number of rotatable bonds is 2. The van der Waals surface area contributed by atoms with Crippen molar-refractivity contribution in [3.63, 3.8) is 0 Å². The largest absolute Gasteiger partial charge is 0.316 e. The average Bonchev–Trinajstić information content (AvgIpc) is 2.61. The number of nitroso groups, excluding NO2 is 1. The maximum Gasteiger partial charge on any atom is 0.204 e. The Kier molecular flexibility index (Phi) is 2.10. The van der Waals surface area contributed by atoms with Gasteiger partial charge in [-0.25, -0.2) is 4.98 Å². The number of hydrogen-bond donors (Lipinski definition) is 0. The number of aryl methyl sites for hydroxylation is 1. The van der Waals surface area contributed by atoms with Gasteiger partial charge < -0.3 is 4.57 Å². The number of imidazole rings is 1. The summed E-state index contributed by atoms with van der Waals surface area (Å²) in [5, 5.41) is 2.96. The molecule has 0 N–H and O–H groups in total. The molecule has 0 amide bonds. The molecule has 0 bridgehead atoms. The molecule has 0 saturated heterocycles. The molecule has 70 valence electrons. The highest BCUT2D eigenvalue weighted by Crippen LogP contribution is 2.27. The second-order valence-corrected chi connectivity index (χ2v) is 2.99. The molecule has 0 radical (unpaired) electrons. The molecule has 0 unspecified atom stereocenters. The van der Waals surface area contributed by atoms with Gasteiger partial charge in [-0.05, 0) is 5.18 Å². The first-order valence-corrected chi connectivity index (χ1v) is 4.23. The molecule has 2 rings (SSSR count). The van der Waals surface area contributed by atoms with Crippen LogP contribution >= 0.6 is 0 Å².